The summed E-state index contributed by atoms with van der Waals surface area (Å²) in [5, 5.41) is 3.54. The molecule has 6 nitrogen and oxygen atoms in total. The van der Waals surface area contributed by atoms with E-state index in [9.17, 15) is 4.79 Å². The zero-order valence-corrected chi connectivity index (χ0v) is 11.2. The first-order valence-electron chi connectivity index (χ1n) is 5.95. The topological polar surface area (TPSA) is 83.6 Å². The van der Waals surface area contributed by atoms with E-state index in [0.717, 1.165) is 16.2 Å². The number of carbonyl (C=O) groups is 1. The van der Waals surface area contributed by atoms with Gasteiger partial charge in [-0.1, -0.05) is 30.0 Å². The van der Waals surface area contributed by atoms with Crippen molar-refractivity contribution in [1.82, 2.24) is 19.9 Å². The van der Waals surface area contributed by atoms with Crippen LogP contribution in [0.3, 0.4) is 0 Å². The van der Waals surface area contributed by atoms with Crippen LogP contribution >= 0.6 is 11.8 Å². The molecule has 0 bridgehead atoms. The Bertz CT molecular complexity index is 728. The second-order valence-corrected chi connectivity index (χ2v) is 4.95. The van der Waals surface area contributed by atoms with Crippen LogP contribution in [0.15, 0.2) is 48.0 Å². The maximum absolute atomic E-state index is 11.9. The van der Waals surface area contributed by atoms with E-state index in [1.165, 1.54) is 18.1 Å². The minimum absolute atomic E-state index is 0.0764. The average molecular weight is 285 g/mol. The van der Waals surface area contributed by atoms with Gasteiger partial charge < -0.3 is 10.3 Å². The fourth-order valence-electron chi connectivity index (χ4n) is 1.70. The number of para-hydroxylation sites is 1. The van der Waals surface area contributed by atoms with Gasteiger partial charge in [-0.25, -0.2) is 15.0 Å². The molecule has 3 rings (SSSR count). The predicted octanol–water partition coefficient (Wildman–Crippen LogP) is 2.08. The summed E-state index contributed by atoms with van der Waals surface area (Å²) in [4.78, 5) is 27.1. The fourth-order valence-corrected chi connectivity index (χ4v) is 2.46. The zero-order chi connectivity index (χ0) is 13.8. The number of imidazole rings is 1. The Balaban J connectivity index is 1.65. The van der Waals surface area contributed by atoms with Gasteiger partial charge in [0, 0.05) is 5.69 Å². The van der Waals surface area contributed by atoms with Crippen LogP contribution in [-0.4, -0.2) is 31.6 Å². The van der Waals surface area contributed by atoms with Crippen molar-refractivity contribution in [3.8, 4) is 0 Å². The highest BCUT2D eigenvalue weighted by Gasteiger charge is 2.09. The Hall–Kier alpha value is -2.41. The minimum Gasteiger partial charge on any atom is -0.341 e. The number of hydrogen-bond donors (Lipinski definition) is 2. The number of nitrogens with one attached hydrogen (secondary N) is 2. The number of H-pyrrole nitrogens is 1. The van der Waals surface area contributed by atoms with Crippen LogP contribution in [0.4, 0.5) is 5.69 Å². The number of anilines is 1. The van der Waals surface area contributed by atoms with E-state index in [1.54, 1.807) is 6.33 Å². The maximum atomic E-state index is 11.9. The van der Waals surface area contributed by atoms with Crippen LogP contribution in [0, 0.1) is 0 Å². The van der Waals surface area contributed by atoms with Gasteiger partial charge in [0.25, 0.3) is 0 Å². The summed E-state index contributed by atoms with van der Waals surface area (Å²) in [6.07, 6.45) is 3.01. The molecule has 0 aliphatic rings. The molecule has 0 aliphatic carbocycles. The number of amides is 1. The van der Waals surface area contributed by atoms with Crippen LogP contribution in [-0.2, 0) is 4.79 Å². The Kier molecular flexibility index (Phi) is 3.60. The van der Waals surface area contributed by atoms with E-state index in [4.69, 9.17) is 0 Å². The number of rotatable bonds is 4. The van der Waals surface area contributed by atoms with Crippen molar-refractivity contribution < 1.29 is 4.79 Å². The smallest absolute Gasteiger partial charge is 0.234 e. The summed E-state index contributed by atoms with van der Waals surface area (Å²) >= 11 is 1.35. The molecule has 0 aliphatic heterocycles. The first kappa shape index (κ1) is 12.6. The van der Waals surface area contributed by atoms with Crippen molar-refractivity contribution in [3.05, 3.63) is 43.0 Å². The van der Waals surface area contributed by atoms with E-state index in [0.29, 0.717) is 5.65 Å². The van der Waals surface area contributed by atoms with Gasteiger partial charge in [-0.2, -0.15) is 0 Å². The number of thioether (sulfide) groups is 1. The summed E-state index contributed by atoms with van der Waals surface area (Å²) in [5.41, 5.74) is 2.14. The number of aromatic amines is 1. The third-order valence-corrected chi connectivity index (χ3v) is 3.58. The normalized spacial score (nSPS) is 10.6. The molecule has 20 heavy (non-hydrogen) atoms. The molecule has 0 fully saturated rings. The van der Waals surface area contributed by atoms with E-state index in [2.05, 4.69) is 25.3 Å². The Morgan fingerprint density at radius 1 is 1.20 bits per heavy atom. The second-order valence-electron chi connectivity index (χ2n) is 3.98. The molecule has 0 unspecified atom stereocenters. The Morgan fingerprint density at radius 3 is 2.90 bits per heavy atom. The van der Waals surface area contributed by atoms with Gasteiger partial charge in [-0.3, -0.25) is 4.79 Å². The summed E-state index contributed by atoms with van der Waals surface area (Å²) in [6, 6.07) is 9.35. The third-order valence-electron chi connectivity index (χ3n) is 2.59. The van der Waals surface area contributed by atoms with Crippen LogP contribution in [0.1, 0.15) is 0 Å². The molecule has 0 spiro atoms. The van der Waals surface area contributed by atoms with Crippen molar-refractivity contribution in [2.45, 2.75) is 5.03 Å². The number of nitrogens with zero attached hydrogens (tertiary/aromatic N) is 3. The van der Waals surface area contributed by atoms with Gasteiger partial charge in [0.2, 0.25) is 5.91 Å². The number of fused-ring (bicyclic) bond motifs is 1. The molecule has 2 heterocycles. The highest BCUT2D eigenvalue weighted by Crippen LogP contribution is 2.21. The molecule has 0 atom stereocenters. The zero-order valence-electron chi connectivity index (χ0n) is 10.4. The molecule has 0 saturated carbocycles. The Labute approximate surface area is 119 Å². The van der Waals surface area contributed by atoms with Crippen LogP contribution in [0.5, 0.6) is 0 Å². The van der Waals surface area contributed by atoms with Crippen molar-refractivity contribution in [2.75, 3.05) is 11.1 Å². The van der Waals surface area contributed by atoms with Gasteiger partial charge in [-0.15, -0.1) is 0 Å². The largest absolute Gasteiger partial charge is 0.341 e. The molecule has 2 aromatic heterocycles. The fraction of sp³-hybridized carbons (Fsp3) is 0.0769. The lowest BCUT2D eigenvalue weighted by Gasteiger charge is -2.04. The maximum Gasteiger partial charge on any atom is 0.234 e. The van der Waals surface area contributed by atoms with Crippen LogP contribution in [0.25, 0.3) is 11.2 Å². The molecule has 7 heteroatoms. The Morgan fingerprint density at radius 2 is 2.05 bits per heavy atom. The van der Waals surface area contributed by atoms with Crippen molar-refractivity contribution in [3.63, 3.8) is 0 Å². The molecular weight excluding hydrogens is 274 g/mol. The minimum atomic E-state index is -0.0764. The van der Waals surface area contributed by atoms with Gasteiger partial charge in [0.1, 0.15) is 16.9 Å². The second kappa shape index (κ2) is 5.70. The molecule has 1 amide bonds. The number of benzene rings is 1. The highest BCUT2D eigenvalue weighted by molar-refractivity contribution is 8.00. The number of carbonyl (C=O) groups excluding carboxylic acids is 1. The average Bonchev–Trinajstić information content (AvgIpc) is 2.95. The number of hydrogen-bond acceptors (Lipinski definition) is 5. The van der Waals surface area contributed by atoms with Crippen molar-refractivity contribution in [2.24, 2.45) is 0 Å². The monoisotopic (exact) mass is 285 g/mol. The lowest BCUT2D eigenvalue weighted by Crippen LogP contribution is -2.14. The van der Waals surface area contributed by atoms with Crippen LogP contribution in [0.2, 0.25) is 0 Å². The molecule has 3 aromatic rings. The first-order chi connectivity index (χ1) is 9.83. The highest BCUT2D eigenvalue weighted by atomic mass is 32.2. The predicted molar refractivity (Wildman–Crippen MR) is 77.5 cm³/mol. The van der Waals surface area contributed by atoms with E-state index in [1.807, 2.05) is 30.3 Å². The van der Waals surface area contributed by atoms with E-state index < -0.39 is 0 Å². The van der Waals surface area contributed by atoms with Crippen LogP contribution < -0.4 is 5.32 Å². The lowest BCUT2D eigenvalue weighted by molar-refractivity contribution is -0.113. The first-order valence-corrected chi connectivity index (χ1v) is 6.93. The quantitative estimate of drug-likeness (QED) is 0.566. The summed E-state index contributed by atoms with van der Waals surface area (Å²) in [5.74, 6) is 0.201. The third kappa shape index (κ3) is 2.77. The van der Waals surface area contributed by atoms with Gasteiger partial charge >= 0.3 is 0 Å². The summed E-state index contributed by atoms with van der Waals surface area (Å²) in [7, 11) is 0. The van der Waals surface area contributed by atoms with E-state index >= 15 is 0 Å². The van der Waals surface area contributed by atoms with Gasteiger partial charge in [0.15, 0.2) is 5.65 Å². The van der Waals surface area contributed by atoms with Crippen molar-refractivity contribution in [1.29, 1.82) is 0 Å². The van der Waals surface area contributed by atoms with E-state index in [-0.39, 0.29) is 11.7 Å². The summed E-state index contributed by atoms with van der Waals surface area (Å²) in [6.45, 7) is 0. The molecule has 0 radical (unpaired) electrons. The van der Waals surface area contributed by atoms with Gasteiger partial charge in [-0.05, 0) is 12.1 Å². The molecule has 100 valence electrons. The standard InChI is InChI=1S/C13H11N5OS/c19-10(18-9-4-2-1-3-5-9)6-20-13-11-12(15-7-14-11)16-8-17-13/h1-5,7-8H,6H2,(H,18,19)(H,14,15,16,17). The molecule has 0 saturated heterocycles. The number of aromatic nitrogens is 4. The lowest BCUT2D eigenvalue weighted by atomic mass is 10.3. The van der Waals surface area contributed by atoms with Gasteiger partial charge in [0.05, 0.1) is 12.1 Å². The summed E-state index contributed by atoms with van der Waals surface area (Å²) < 4.78 is 0. The SMILES string of the molecule is O=C(CSc1ncnc2nc[nH]c12)Nc1ccccc1. The molecule has 2 N–H and O–H groups in total. The van der Waals surface area contributed by atoms with Crippen molar-refractivity contribution >= 4 is 34.5 Å². The molecular formula is C13H11N5OS. The molecule has 1 aromatic carbocycles.